The molecule has 16 heavy (non-hydrogen) atoms. The first kappa shape index (κ1) is 12.8. The average molecular weight is 227 g/mol. The van der Waals surface area contributed by atoms with Crippen LogP contribution < -0.4 is 4.90 Å². The minimum Gasteiger partial charge on any atom is -0.389 e. The number of halogens is 1. The molecule has 1 heterocycles. The summed E-state index contributed by atoms with van der Waals surface area (Å²) in [6, 6.07) is 0. The van der Waals surface area contributed by atoms with Crippen LogP contribution in [0.1, 0.15) is 26.5 Å². The minimum atomic E-state index is -0.890. The molecule has 1 N–H and O–H groups in total. The van der Waals surface area contributed by atoms with Gasteiger partial charge in [0.1, 0.15) is 6.33 Å². The number of nitrogens with zero attached hydrogens (tertiary/aromatic N) is 3. The lowest BCUT2D eigenvalue weighted by Crippen LogP contribution is -2.37. The van der Waals surface area contributed by atoms with Crippen LogP contribution in [0.2, 0.25) is 0 Å². The highest BCUT2D eigenvalue weighted by atomic mass is 19.1. The fourth-order valence-corrected chi connectivity index (χ4v) is 1.56. The monoisotopic (exact) mass is 227 g/mol. The first-order chi connectivity index (χ1) is 7.35. The van der Waals surface area contributed by atoms with E-state index in [0.717, 1.165) is 0 Å². The third kappa shape index (κ3) is 3.13. The summed E-state index contributed by atoms with van der Waals surface area (Å²) in [5, 5.41) is 9.66. The summed E-state index contributed by atoms with van der Waals surface area (Å²) in [5.41, 5.74) is -0.494. The maximum absolute atomic E-state index is 13.9. The van der Waals surface area contributed by atoms with E-state index < -0.39 is 11.4 Å². The van der Waals surface area contributed by atoms with Crippen LogP contribution in [0.4, 0.5) is 10.2 Å². The predicted octanol–water partition coefficient (Wildman–Crippen LogP) is 1.39. The molecule has 90 valence electrons. The highest BCUT2D eigenvalue weighted by molar-refractivity contribution is 5.40. The summed E-state index contributed by atoms with van der Waals surface area (Å²) in [5.74, 6) is -0.175. The van der Waals surface area contributed by atoms with Crippen LogP contribution in [-0.2, 0) is 6.42 Å². The fourth-order valence-electron chi connectivity index (χ4n) is 1.56. The van der Waals surface area contributed by atoms with Crippen molar-refractivity contribution in [3.8, 4) is 0 Å². The molecule has 1 aromatic rings. The molecule has 1 rings (SSSR count). The van der Waals surface area contributed by atoms with E-state index in [9.17, 15) is 9.50 Å². The van der Waals surface area contributed by atoms with Crippen molar-refractivity contribution in [2.24, 2.45) is 0 Å². The molecule has 0 bridgehead atoms. The largest absolute Gasteiger partial charge is 0.389 e. The van der Waals surface area contributed by atoms with Gasteiger partial charge in [-0.1, -0.05) is 6.92 Å². The van der Waals surface area contributed by atoms with E-state index in [1.54, 1.807) is 25.8 Å². The summed E-state index contributed by atoms with van der Waals surface area (Å²) in [4.78, 5) is 9.35. The number of aromatic nitrogens is 2. The molecule has 0 aliphatic heterocycles. The normalized spacial score (nSPS) is 11.6. The van der Waals surface area contributed by atoms with Crippen LogP contribution in [0.5, 0.6) is 0 Å². The number of aryl methyl sites for hydroxylation is 1. The van der Waals surface area contributed by atoms with Gasteiger partial charge in [0.2, 0.25) is 0 Å². The standard InChI is InChI=1S/C11H18FN3O/c1-5-8-9(12)10(14-7-13-8)15(4)6-11(2,3)16/h7,16H,5-6H2,1-4H3. The zero-order valence-corrected chi connectivity index (χ0v) is 10.2. The Balaban J connectivity index is 2.95. The molecule has 0 saturated carbocycles. The maximum atomic E-state index is 13.9. The Kier molecular flexibility index (Phi) is 3.80. The van der Waals surface area contributed by atoms with E-state index in [4.69, 9.17) is 0 Å². The highest BCUT2D eigenvalue weighted by Crippen LogP contribution is 2.18. The van der Waals surface area contributed by atoms with Crippen LogP contribution in [0.25, 0.3) is 0 Å². The fraction of sp³-hybridized carbons (Fsp3) is 0.636. The van der Waals surface area contributed by atoms with Crippen LogP contribution in [0, 0.1) is 5.82 Å². The van der Waals surface area contributed by atoms with Gasteiger partial charge in [0.15, 0.2) is 11.6 Å². The molecule has 4 nitrogen and oxygen atoms in total. The molecule has 0 amide bonds. The quantitative estimate of drug-likeness (QED) is 0.844. The average Bonchev–Trinajstić information content (AvgIpc) is 2.15. The number of hydrogen-bond acceptors (Lipinski definition) is 4. The number of anilines is 1. The van der Waals surface area contributed by atoms with E-state index in [1.807, 2.05) is 6.92 Å². The van der Waals surface area contributed by atoms with Crippen LogP contribution in [0.3, 0.4) is 0 Å². The molecule has 0 aliphatic rings. The second-order valence-electron chi connectivity index (χ2n) is 4.48. The highest BCUT2D eigenvalue weighted by Gasteiger charge is 2.20. The van der Waals surface area contributed by atoms with E-state index in [-0.39, 0.29) is 5.82 Å². The zero-order chi connectivity index (χ0) is 12.3. The molecule has 1 aromatic heterocycles. The van der Waals surface area contributed by atoms with Gasteiger partial charge in [0.25, 0.3) is 0 Å². The SMILES string of the molecule is CCc1ncnc(N(C)CC(C)(C)O)c1F. The molecule has 0 fully saturated rings. The molecular weight excluding hydrogens is 209 g/mol. The smallest absolute Gasteiger partial charge is 0.187 e. The molecule has 0 atom stereocenters. The van der Waals surface area contributed by atoms with Crippen molar-refractivity contribution >= 4 is 5.82 Å². The summed E-state index contributed by atoms with van der Waals surface area (Å²) < 4.78 is 13.9. The minimum absolute atomic E-state index is 0.231. The van der Waals surface area contributed by atoms with Crippen molar-refractivity contribution in [2.45, 2.75) is 32.8 Å². The number of hydrogen-bond donors (Lipinski definition) is 1. The third-order valence-corrected chi connectivity index (χ3v) is 2.16. The molecule has 0 radical (unpaired) electrons. The molecule has 5 heteroatoms. The van der Waals surface area contributed by atoms with Gasteiger partial charge in [-0.2, -0.15) is 0 Å². The van der Waals surface area contributed by atoms with Crippen molar-refractivity contribution in [2.75, 3.05) is 18.5 Å². The van der Waals surface area contributed by atoms with Gasteiger partial charge >= 0.3 is 0 Å². The molecule has 0 aliphatic carbocycles. The van der Waals surface area contributed by atoms with E-state index in [2.05, 4.69) is 9.97 Å². The van der Waals surface area contributed by atoms with Crippen molar-refractivity contribution < 1.29 is 9.50 Å². The second-order valence-corrected chi connectivity index (χ2v) is 4.48. The van der Waals surface area contributed by atoms with Crippen molar-refractivity contribution in [1.82, 2.24) is 9.97 Å². The van der Waals surface area contributed by atoms with Gasteiger partial charge in [0, 0.05) is 13.6 Å². The Bertz CT molecular complexity index is 363. The summed E-state index contributed by atoms with van der Waals surface area (Å²) in [6.07, 6.45) is 1.87. The van der Waals surface area contributed by atoms with Crippen molar-refractivity contribution in [3.05, 3.63) is 17.8 Å². The lowest BCUT2D eigenvalue weighted by atomic mass is 10.1. The van der Waals surface area contributed by atoms with E-state index in [1.165, 1.54) is 6.33 Å². The van der Waals surface area contributed by atoms with Gasteiger partial charge in [-0.3, -0.25) is 0 Å². The van der Waals surface area contributed by atoms with Crippen LogP contribution in [0.15, 0.2) is 6.33 Å². The predicted molar refractivity (Wildman–Crippen MR) is 60.9 cm³/mol. The summed E-state index contributed by atoms with van der Waals surface area (Å²) >= 11 is 0. The van der Waals surface area contributed by atoms with E-state index in [0.29, 0.717) is 18.7 Å². The first-order valence-corrected chi connectivity index (χ1v) is 5.28. The number of rotatable bonds is 4. The zero-order valence-electron chi connectivity index (χ0n) is 10.2. The van der Waals surface area contributed by atoms with Gasteiger partial charge in [-0.05, 0) is 20.3 Å². The van der Waals surface area contributed by atoms with Gasteiger partial charge < -0.3 is 10.0 Å². The Morgan fingerprint density at radius 1 is 1.44 bits per heavy atom. The Labute approximate surface area is 95.1 Å². The van der Waals surface area contributed by atoms with Gasteiger partial charge in [0.05, 0.1) is 11.3 Å². The van der Waals surface area contributed by atoms with Gasteiger partial charge in [-0.25, -0.2) is 14.4 Å². The Morgan fingerprint density at radius 3 is 2.56 bits per heavy atom. The Hall–Kier alpha value is -1.23. The third-order valence-electron chi connectivity index (χ3n) is 2.16. The summed E-state index contributed by atoms with van der Waals surface area (Å²) in [6.45, 7) is 5.49. The maximum Gasteiger partial charge on any atom is 0.187 e. The van der Waals surface area contributed by atoms with Crippen molar-refractivity contribution in [3.63, 3.8) is 0 Å². The molecule has 0 spiro atoms. The van der Waals surface area contributed by atoms with Crippen LogP contribution >= 0.6 is 0 Å². The van der Waals surface area contributed by atoms with Gasteiger partial charge in [-0.15, -0.1) is 0 Å². The molecule has 0 unspecified atom stereocenters. The lowest BCUT2D eigenvalue weighted by Gasteiger charge is -2.26. The molecule has 0 saturated heterocycles. The lowest BCUT2D eigenvalue weighted by molar-refractivity contribution is 0.0883. The summed E-state index contributed by atoms with van der Waals surface area (Å²) in [7, 11) is 1.70. The second kappa shape index (κ2) is 4.74. The van der Waals surface area contributed by atoms with E-state index >= 15 is 0 Å². The number of likely N-dealkylation sites (N-methyl/N-ethyl adjacent to an activating group) is 1. The topological polar surface area (TPSA) is 49.2 Å². The van der Waals surface area contributed by atoms with Crippen LogP contribution in [-0.4, -0.2) is 34.3 Å². The Morgan fingerprint density at radius 2 is 2.06 bits per heavy atom. The molecule has 0 aromatic carbocycles. The molecular formula is C11H18FN3O. The number of aliphatic hydroxyl groups is 1. The first-order valence-electron chi connectivity index (χ1n) is 5.28. The van der Waals surface area contributed by atoms with Crippen molar-refractivity contribution in [1.29, 1.82) is 0 Å².